The topological polar surface area (TPSA) is 116 Å². The number of nitrogens with one attached hydrogen (secondary N) is 1. The van der Waals surface area contributed by atoms with E-state index in [2.05, 4.69) is 10.3 Å². The fourth-order valence-corrected chi connectivity index (χ4v) is 5.68. The second-order valence-corrected chi connectivity index (χ2v) is 11.1. The molecule has 1 aromatic heterocycles. The number of nitrogens with zero attached hydrogens (tertiary/aromatic N) is 4. The molecule has 0 radical (unpaired) electrons. The number of carbonyl (C=O) groups is 3. The predicted octanol–water partition coefficient (Wildman–Crippen LogP) is 4.18. The summed E-state index contributed by atoms with van der Waals surface area (Å²) in [6.07, 6.45) is 1.44. The molecule has 11 heteroatoms. The first-order chi connectivity index (χ1) is 21.2. The van der Waals surface area contributed by atoms with Gasteiger partial charge in [-0.15, -0.1) is 0 Å². The highest BCUT2D eigenvalue weighted by atomic mass is 19.1. The molecule has 2 unspecified atom stereocenters. The maximum atomic E-state index is 15.0. The second kappa shape index (κ2) is 13.7. The van der Waals surface area contributed by atoms with Crippen LogP contribution in [0.1, 0.15) is 61.6 Å². The average Bonchev–Trinajstić information content (AvgIpc) is 3.05. The first-order valence-corrected chi connectivity index (χ1v) is 14.5. The Morgan fingerprint density at radius 1 is 1.02 bits per heavy atom. The molecule has 44 heavy (non-hydrogen) atoms. The highest BCUT2D eigenvalue weighted by Crippen LogP contribution is 2.24. The summed E-state index contributed by atoms with van der Waals surface area (Å²) in [5, 5.41) is 11.6. The van der Waals surface area contributed by atoms with E-state index in [1.165, 1.54) is 30.5 Å². The molecule has 2 amide bonds. The van der Waals surface area contributed by atoms with Crippen molar-refractivity contribution in [2.75, 3.05) is 33.3 Å². The Hall–Kier alpha value is -4.69. The summed E-state index contributed by atoms with van der Waals surface area (Å²) in [6, 6.07) is 15.4. The Kier molecular flexibility index (Phi) is 9.60. The number of hydrogen-bond acceptors (Lipinski definition) is 7. The van der Waals surface area contributed by atoms with Crippen molar-refractivity contribution < 1.29 is 27.9 Å². The number of likely N-dealkylation sites (tertiary alicyclic amines) is 2. The van der Waals surface area contributed by atoms with Crippen molar-refractivity contribution in [1.82, 2.24) is 20.1 Å². The number of hydrogen-bond donors (Lipinski definition) is 1. The van der Waals surface area contributed by atoms with Gasteiger partial charge in [0.15, 0.2) is 5.78 Å². The molecule has 2 aliphatic rings. The van der Waals surface area contributed by atoms with Crippen LogP contribution in [0.5, 0.6) is 5.75 Å². The van der Waals surface area contributed by atoms with Crippen LogP contribution in [0.25, 0.3) is 0 Å². The SMILES string of the molecule is COc1ccc(C(=O)C2CCN(C(=O)c3ccc(C(=O)NC4CCN(Cc5ccc(C#N)c(F)c5)CC4F)cn3)CC2)cc1. The van der Waals surface area contributed by atoms with Gasteiger partial charge in [-0.05, 0) is 73.4 Å². The van der Waals surface area contributed by atoms with Gasteiger partial charge < -0.3 is 15.0 Å². The predicted molar refractivity (Wildman–Crippen MR) is 157 cm³/mol. The van der Waals surface area contributed by atoms with Crippen LogP contribution in [0, 0.1) is 23.1 Å². The number of pyridine rings is 1. The lowest BCUT2D eigenvalue weighted by Gasteiger charge is -2.35. The Morgan fingerprint density at radius 3 is 2.36 bits per heavy atom. The van der Waals surface area contributed by atoms with E-state index in [1.54, 1.807) is 48.4 Å². The molecule has 2 fully saturated rings. The normalized spacial score (nSPS) is 19.2. The van der Waals surface area contributed by atoms with Gasteiger partial charge in [-0.2, -0.15) is 5.26 Å². The number of alkyl halides is 1. The van der Waals surface area contributed by atoms with Crippen molar-refractivity contribution in [2.24, 2.45) is 5.92 Å². The molecule has 2 aliphatic heterocycles. The number of amides is 2. The third-order valence-electron chi connectivity index (χ3n) is 8.27. The largest absolute Gasteiger partial charge is 0.497 e. The zero-order valence-corrected chi connectivity index (χ0v) is 24.3. The van der Waals surface area contributed by atoms with Crippen LogP contribution in [0.4, 0.5) is 8.78 Å². The second-order valence-electron chi connectivity index (χ2n) is 11.1. The number of Topliss-reactive ketones (excluding diaryl/α,β-unsaturated/α-hetero) is 1. The molecule has 9 nitrogen and oxygen atoms in total. The lowest BCUT2D eigenvalue weighted by atomic mass is 9.88. The maximum Gasteiger partial charge on any atom is 0.272 e. The highest BCUT2D eigenvalue weighted by molar-refractivity contribution is 5.99. The van der Waals surface area contributed by atoms with Gasteiger partial charge in [0.25, 0.3) is 11.8 Å². The minimum Gasteiger partial charge on any atom is -0.497 e. The minimum atomic E-state index is -1.33. The number of aromatic nitrogens is 1. The van der Waals surface area contributed by atoms with E-state index in [4.69, 9.17) is 10.00 Å². The maximum absolute atomic E-state index is 15.0. The molecule has 3 aromatic rings. The van der Waals surface area contributed by atoms with Crippen molar-refractivity contribution in [3.8, 4) is 11.8 Å². The summed E-state index contributed by atoms with van der Waals surface area (Å²) >= 11 is 0. The molecule has 2 atom stereocenters. The van der Waals surface area contributed by atoms with Crippen molar-refractivity contribution >= 4 is 17.6 Å². The molecule has 2 aromatic carbocycles. The van der Waals surface area contributed by atoms with Gasteiger partial charge in [-0.3, -0.25) is 24.3 Å². The average molecular weight is 602 g/mol. The fourth-order valence-electron chi connectivity index (χ4n) is 5.68. The van der Waals surface area contributed by atoms with Crippen molar-refractivity contribution in [3.63, 3.8) is 0 Å². The Morgan fingerprint density at radius 2 is 1.75 bits per heavy atom. The van der Waals surface area contributed by atoms with E-state index in [0.29, 0.717) is 62.3 Å². The number of nitriles is 1. The van der Waals surface area contributed by atoms with Crippen molar-refractivity contribution in [3.05, 3.63) is 94.6 Å². The third kappa shape index (κ3) is 7.09. The van der Waals surface area contributed by atoms with Crippen LogP contribution in [-0.4, -0.2) is 77.9 Å². The van der Waals surface area contributed by atoms with Crippen molar-refractivity contribution in [2.45, 2.75) is 38.0 Å². The van der Waals surface area contributed by atoms with Gasteiger partial charge >= 0.3 is 0 Å². The van der Waals surface area contributed by atoms with E-state index in [1.807, 2.05) is 4.90 Å². The molecular formula is C33H33F2N5O4. The van der Waals surface area contributed by atoms with Crippen LogP contribution in [0.15, 0.2) is 60.8 Å². The van der Waals surface area contributed by atoms with Crippen molar-refractivity contribution in [1.29, 1.82) is 5.26 Å². The van der Waals surface area contributed by atoms with E-state index < -0.39 is 23.9 Å². The third-order valence-corrected chi connectivity index (χ3v) is 8.27. The zero-order chi connectivity index (χ0) is 31.2. The van der Waals surface area contributed by atoms with Crippen LogP contribution >= 0.6 is 0 Å². The fraction of sp³-hybridized carbons (Fsp3) is 0.364. The molecule has 3 heterocycles. The van der Waals surface area contributed by atoms with Crippen LogP contribution in [-0.2, 0) is 6.54 Å². The summed E-state index contributed by atoms with van der Waals surface area (Å²) in [7, 11) is 1.57. The van der Waals surface area contributed by atoms with Crippen LogP contribution in [0.3, 0.4) is 0 Å². The number of piperidine rings is 2. The Labute approximate surface area is 254 Å². The quantitative estimate of drug-likeness (QED) is 0.385. The minimum absolute atomic E-state index is 0.0376. The van der Waals surface area contributed by atoms with E-state index in [9.17, 15) is 23.2 Å². The summed E-state index contributed by atoms with van der Waals surface area (Å²) in [4.78, 5) is 46.5. The molecule has 5 rings (SSSR count). The van der Waals surface area contributed by atoms with Gasteiger partial charge in [0, 0.05) is 50.4 Å². The van der Waals surface area contributed by atoms with E-state index in [0.717, 1.165) is 0 Å². The molecule has 0 bridgehead atoms. The number of methoxy groups -OCH3 is 1. The molecular weight excluding hydrogens is 568 g/mol. The van der Waals surface area contributed by atoms with Gasteiger partial charge in [-0.25, -0.2) is 8.78 Å². The first kappa shape index (κ1) is 30.8. The van der Waals surface area contributed by atoms with Gasteiger partial charge in [0.2, 0.25) is 0 Å². The highest BCUT2D eigenvalue weighted by Gasteiger charge is 2.32. The number of ether oxygens (including phenoxy) is 1. The monoisotopic (exact) mass is 601 g/mol. The lowest BCUT2D eigenvalue weighted by molar-refractivity contribution is 0.0645. The molecule has 2 saturated heterocycles. The molecule has 0 aliphatic carbocycles. The van der Waals surface area contributed by atoms with Crippen LogP contribution < -0.4 is 10.1 Å². The summed E-state index contributed by atoms with van der Waals surface area (Å²) in [6.45, 7) is 1.75. The first-order valence-electron chi connectivity index (χ1n) is 14.5. The standard InChI is InChI=1S/C33H33F2N5O4/c1-44-26-7-4-22(5-8-26)31(41)23-10-14-40(15-11-23)33(43)30-9-6-25(18-37-30)32(42)38-29-12-13-39(20-28(29)35)19-21-2-3-24(17-36)27(34)16-21/h2-9,16,18,23,28-29H,10-15,19-20H2,1H3,(H,38,42). The lowest BCUT2D eigenvalue weighted by Crippen LogP contribution is -2.52. The zero-order valence-electron chi connectivity index (χ0n) is 24.3. The van der Waals surface area contributed by atoms with E-state index >= 15 is 0 Å². The molecule has 0 spiro atoms. The summed E-state index contributed by atoms with van der Waals surface area (Å²) in [5.74, 6) is -0.794. The Bertz CT molecular complexity index is 1550. The summed E-state index contributed by atoms with van der Waals surface area (Å²) in [5.41, 5.74) is 1.63. The molecule has 228 valence electrons. The number of rotatable bonds is 8. The summed E-state index contributed by atoms with van der Waals surface area (Å²) < 4.78 is 34.1. The van der Waals surface area contributed by atoms with E-state index in [-0.39, 0.29) is 41.0 Å². The van der Waals surface area contributed by atoms with Gasteiger partial charge in [0.05, 0.1) is 24.3 Å². The smallest absolute Gasteiger partial charge is 0.272 e. The molecule has 1 N–H and O–H groups in total. The number of ketones is 1. The Balaban J connectivity index is 1.09. The van der Waals surface area contributed by atoms with Gasteiger partial charge in [0.1, 0.15) is 29.5 Å². The number of carbonyl (C=O) groups excluding carboxylic acids is 3. The van der Waals surface area contributed by atoms with Gasteiger partial charge in [-0.1, -0.05) is 6.07 Å². The number of halogens is 2. The molecule has 0 saturated carbocycles. The number of benzene rings is 2. The van der Waals surface area contributed by atoms with Crippen LogP contribution in [0.2, 0.25) is 0 Å².